The van der Waals surface area contributed by atoms with Gasteiger partial charge in [-0.1, -0.05) is 29.8 Å². The summed E-state index contributed by atoms with van der Waals surface area (Å²) in [5, 5.41) is 0.919. The number of aromatic nitrogens is 2. The van der Waals surface area contributed by atoms with Gasteiger partial charge in [0, 0.05) is 17.9 Å². The molecule has 1 heterocycles. The van der Waals surface area contributed by atoms with Crippen LogP contribution in [0.3, 0.4) is 0 Å². The first-order chi connectivity index (χ1) is 8.26. The molecule has 0 radical (unpaired) electrons. The summed E-state index contributed by atoms with van der Waals surface area (Å²) >= 11 is 3.49. The lowest BCUT2D eigenvalue weighted by atomic mass is 10.1. The largest absolute Gasteiger partial charge is 0.480 e. The molecule has 0 spiro atoms. The van der Waals surface area contributed by atoms with Gasteiger partial charge >= 0.3 is 0 Å². The monoisotopic (exact) mass is 301 g/mol. The van der Waals surface area contributed by atoms with Gasteiger partial charge in [-0.05, 0) is 12.8 Å². The summed E-state index contributed by atoms with van der Waals surface area (Å²) in [6.45, 7) is 5.32. The number of ether oxygens (including phenoxy) is 1. The van der Waals surface area contributed by atoms with E-state index in [1.807, 2.05) is 0 Å². The SMILES string of the molecule is CCC(CC)N(CCBr)c1cncc(OC)n1. The zero-order chi connectivity index (χ0) is 12.7. The second kappa shape index (κ2) is 7.48. The number of anilines is 1. The molecule has 1 aromatic rings. The Hall–Kier alpha value is -0.840. The van der Waals surface area contributed by atoms with Crippen molar-refractivity contribution >= 4 is 21.7 Å². The second-order valence-electron chi connectivity index (χ2n) is 3.77. The molecule has 0 aromatic carbocycles. The van der Waals surface area contributed by atoms with Crippen LogP contribution in [0, 0.1) is 0 Å². The van der Waals surface area contributed by atoms with Crippen LogP contribution in [0.25, 0.3) is 0 Å². The van der Waals surface area contributed by atoms with Crippen LogP contribution in [0.4, 0.5) is 5.82 Å². The lowest BCUT2D eigenvalue weighted by Crippen LogP contribution is -2.36. The first kappa shape index (κ1) is 14.2. The van der Waals surface area contributed by atoms with Gasteiger partial charge in [0.1, 0.15) is 0 Å². The normalized spacial score (nSPS) is 10.6. The van der Waals surface area contributed by atoms with Crippen molar-refractivity contribution in [2.24, 2.45) is 0 Å². The number of methoxy groups -OCH3 is 1. The van der Waals surface area contributed by atoms with Crippen LogP contribution in [0.2, 0.25) is 0 Å². The Morgan fingerprint density at radius 3 is 2.59 bits per heavy atom. The zero-order valence-electron chi connectivity index (χ0n) is 10.7. The molecule has 96 valence electrons. The Kier molecular flexibility index (Phi) is 6.26. The maximum atomic E-state index is 5.12. The molecule has 1 aromatic heterocycles. The lowest BCUT2D eigenvalue weighted by Gasteiger charge is -2.30. The highest BCUT2D eigenvalue weighted by atomic mass is 79.9. The van der Waals surface area contributed by atoms with Crippen molar-refractivity contribution < 1.29 is 4.74 Å². The molecule has 0 fully saturated rings. The molecule has 0 aliphatic heterocycles. The van der Waals surface area contributed by atoms with E-state index in [0.717, 1.165) is 30.5 Å². The number of alkyl halides is 1. The Morgan fingerprint density at radius 2 is 2.06 bits per heavy atom. The van der Waals surface area contributed by atoms with Gasteiger partial charge in [0.2, 0.25) is 5.88 Å². The van der Waals surface area contributed by atoms with Gasteiger partial charge < -0.3 is 9.64 Å². The predicted molar refractivity (Wildman–Crippen MR) is 74.1 cm³/mol. The predicted octanol–water partition coefficient (Wildman–Crippen LogP) is 2.88. The zero-order valence-corrected chi connectivity index (χ0v) is 12.3. The minimum absolute atomic E-state index is 0.494. The van der Waals surface area contributed by atoms with Crippen LogP contribution in [-0.2, 0) is 0 Å². The van der Waals surface area contributed by atoms with Gasteiger partial charge in [-0.15, -0.1) is 0 Å². The van der Waals surface area contributed by atoms with Crippen molar-refractivity contribution in [1.29, 1.82) is 0 Å². The number of hydrogen-bond donors (Lipinski definition) is 0. The molecular formula is C12H20BrN3O. The standard InChI is InChI=1S/C12H20BrN3O/c1-4-10(5-2)16(7-6-13)11-8-14-9-12(15-11)17-3/h8-10H,4-7H2,1-3H3. The maximum absolute atomic E-state index is 5.12. The van der Waals surface area contributed by atoms with Gasteiger partial charge in [0.05, 0.1) is 19.5 Å². The summed E-state index contributed by atoms with van der Waals surface area (Å²) in [6.07, 6.45) is 5.62. The average Bonchev–Trinajstić information content (AvgIpc) is 2.39. The summed E-state index contributed by atoms with van der Waals surface area (Å²) in [5.41, 5.74) is 0. The van der Waals surface area contributed by atoms with E-state index in [1.165, 1.54) is 0 Å². The molecule has 0 aliphatic carbocycles. The smallest absolute Gasteiger partial charge is 0.233 e. The molecule has 4 nitrogen and oxygen atoms in total. The fourth-order valence-corrected chi connectivity index (χ4v) is 2.26. The Labute approximate surface area is 112 Å². The van der Waals surface area contributed by atoms with Crippen molar-refractivity contribution in [3.05, 3.63) is 12.4 Å². The van der Waals surface area contributed by atoms with Gasteiger partial charge in [0.15, 0.2) is 5.82 Å². The number of nitrogens with zero attached hydrogens (tertiary/aromatic N) is 3. The third kappa shape index (κ3) is 3.84. The number of rotatable bonds is 7. The summed E-state index contributed by atoms with van der Waals surface area (Å²) in [7, 11) is 1.61. The molecule has 0 N–H and O–H groups in total. The van der Waals surface area contributed by atoms with E-state index in [1.54, 1.807) is 19.5 Å². The highest BCUT2D eigenvalue weighted by Crippen LogP contribution is 2.19. The Morgan fingerprint density at radius 1 is 1.35 bits per heavy atom. The highest BCUT2D eigenvalue weighted by Gasteiger charge is 2.17. The van der Waals surface area contributed by atoms with Crippen molar-refractivity contribution in [2.75, 3.05) is 23.9 Å². The van der Waals surface area contributed by atoms with E-state index >= 15 is 0 Å². The lowest BCUT2D eigenvalue weighted by molar-refractivity contribution is 0.395. The van der Waals surface area contributed by atoms with Crippen LogP contribution in [-0.4, -0.2) is 35.0 Å². The number of hydrogen-bond acceptors (Lipinski definition) is 4. The van der Waals surface area contributed by atoms with E-state index in [2.05, 4.69) is 44.6 Å². The van der Waals surface area contributed by atoms with Crippen LogP contribution in [0.1, 0.15) is 26.7 Å². The molecule has 0 saturated carbocycles. The number of halogens is 1. The Bertz CT molecular complexity index is 331. The van der Waals surface area contributed by atoms with E-state index < -0.39 is 0 Å². The Balaban J connectivity index is 2.94. The van der Waals surface area contributed by atoms with Crippen LogP contribution in [0.5, 0.6) is 5.88 Å². The molecule has 0 amide bonds. The first-order valence-electron chi connectivity index (χ1n) is 5.95. The van der Waals surface area contributed by atoms with E-state index in [0.29, 0.717) is 11.9 Å². The maximum Gasteiger partial charge on any atom is 0.233 e. The summed E-state index contributed by atoms with van der Waals surface area (Å²) in [4.78, 5) is 10.9. The molecular weight excluding hydrogens is 282 g/mol. The molecule has 0 atom stereocenters. The van der Waals surface area contributed by atoms with Crippen molar-refractivity contribution in [3.63, 3.8) is 0 Å². The molecule has 0 saturated heterocycles. The quantitative estimate of drug-likeness (QED) is 0.726. The van der Waals surface area contributed by atoms with Gasteiger partial charge in [-0.3, -0.25) is 4.98 Å². The van der Waals surface area contributed by atoms with Gasteiger partial charge in [-0.2, -0.15) is 4.98 Å². The van der Waals surface area contributed by atoms with E-state index in [9.17, 15) is 0 Å². The molecule has 0 aliphatic rings. The topological polar surface area (TPSA) is 38.2 Å². The summed E-state index contributed by atoms with van der Waals surface area (Å²) < 4.78 is 5.12. The minimum Gasteiger partial charge on any atom is -0.480 e. The molecule has 5 heteroatoms. The van der Waals surface area contributed by atoms with Crippen molar-refractivity contribution in [3.8, 4) is 5.88 Å². The fourth-order valence-electron chi connectivity index (χ4n) is 1.88. The fraction of sp³-hybridized carbons (Fsp3) is 0.667. The molecule has 1 rings (SSSR count). The third-order valence-electron chi connectivity index (χ3n) is 2.81. The van der Waals surface area contributed by atoms with Gasteiger partial charge in [0.25, 0.3) is 0 Å². The molecule has 0 bridgehead atoms. The molecule has 0 unspecified atom stereocenters. The van der Waals surface area contributed by atoms with E-state index in [4.69, 9.17) is 4.74 Å². The second-order valence-corrected chi connectivity index (χ2v) is 4.57. The third-order valence-corrected chi connectivity index (χ3v) is 3.17. The summed E-state index contributed by atoms with van der Waals surface area (Å²) in [5.74, 6) is 1.45. The average molecular weight is 302 g/mol. The first-order valence-corrected chi connectivity index (χ1v) is 7.07. The van der Waals surface area contributed by atoms with Crippen molar-refractivity contribution in [2.45, 2.75) is 32.7 Å². The summed E-state index contributed by atoms with van der Waals surface area (Å²) in [6, 6.07) is 0.494. The van der Waals surface area contributed by atoms with Crippen molar-refractivity contribution in [1.82, 2.24) is 9.97 Å². The minimum atomic E-state index is 0.494. The van der Waals surface area contributed by atoms with Crippen LogP contribution in [0.15, 0.2) is 12.4 Å². The van der Waals surface area contributed by atoms with E-state index in [-0.39, 0.29) is 0 Å². The van der Waals surface area contributed by atoms with Crippen LogP contribution < -0.4 is 9.64 Å². The van der Waals surface area contributed by atoms with Crippen LogP contribution >= 0.6 is 15.9 Å². The molecule has 17 heavy (non-hydrogen) atoms. The van der Waals surface area contributed by atoms with Gasteiger partial charge in [-0.25, -0.2) is 0 Å². The highest BCUT2D eigenvalue weighted by molar-refractivity contribution is 9.09.